The van der Waals surface area contributed by atoms with E-state index in [1.807, 2.05) is 36.4 Å². The summed E-state index contributed by atoms with van der Waals surface area (Å²) in [5.74, 6) is 1.01. The summed E-state index contributed by atoms with van der Waals surface area (Å²) in [5.41, 5.74) is 1.09. The molecule has 0 aromatic heterocycles. The van der Waals surface area contributed by atoms with E-state index in [-0.39, 0.29) is 5.91 Å². The van der Waals surface area contributed by atoms with E-state index in [0.29, 0.717) is 18.0 Å². The molecular weight excluding hydrogens is 326 g/mol. The van der Waals surface area contributed by atoms with Gasteiger partial charge in [-0.3, -0.25) is 4.79 Å². The topological polar surface area (TPSA) is 47.6 Å². The van der Waals surface area contributed by atoms with Crippen molar-refractivity contribution in [1.82, 2.24) is 5.32 Å². The molecule has 1 amide bonds. The summed E-state index contributed by atoms with van der Waals surface area (Å²) < 4.78 is 10.9. The number of para-hydroxylation sites is 2. The maximum absolute atomic E-state index is 12.1. The summed E-state index contributed by atoms with van der Waals surface area (Å²) in [5, 5.41) is 3.64. The normalized spacial score (nSPS) is 11.6. The van der Waals surface area contributed by atoms with E-state index >= 15 is 0 Å². The van der Waals surface area contributed by atoms with Crippen molar-refractivity contribution < 1.29 is 14.3 Å². The number of nitrogens with one attached hydrogen (secondary N) is 1. The quantitative estimate of drug-likeness (QED) is 0.737. The Morgan fingerprint density at radius 2 is 1.79 bits per heavy atom. The first-order valence-electron chi connectivity index (χ1n) is 7.92. The molecule has 24 heavy (non-hydrogen) atoms. The van der Waals surface area contributed by atoms with Crippen molar-refractivity contribution >= 4 is 17.5 Å². The number of carbonyl (C=O) groups excluding carboxylic acids is 1. The van der Waals surface area contributed by atoms with Crippen LogP contribution in [0.2, 0.25) is 5.02 Å². The van der Waals surface area contributed by atoms with Crippen LogP contribution in [0.25, 0.3) is 0 Å². The molecule has 128 valence electrons. The molecule has 2 aromatic carbocycles. The highest BCUT2D eigenvalue weighted by molar-refractivity contribution is 6.31. The number of carbonyl (C=O) groups is 1. The van der Waals surface area contributed by atoms with Crippen molar-refractivity contribution in [2.24, 2.45) is 0 Å². The summed E-state index contributed by atoms with van der Waals surface area (Å²) in [6, 6.07) is 15.0. The number of ether oxygens (including phenoxy) is 2. The molecule has 0 radical (unpaired) electrons. The Balaban J connectivity index is 1.77. The molecule has 0 spiro atoms. The molecule has 0 saturated carbocycles. The van der Waals surface area contributed by atoms with Crippen LogP contribution in [0.15, 0.2) is 48.5 Å². The van der Waals surface area contributed by atoms with E-state index in [1.165, 1.54) is 0 Å². The highest BCUT2D eigenvalue weighted by atomic mass is 35.5. The standard InChI is InChI=1S/C19H22ClNO3/c1-14(24-18-12-6-5-11-17(18)23-2)19(22)21-13-7-9-15-8-3-4-10-16(15)20/h3-6,8,10-12,14H,7,9,13H2,1-2H3,(H,21,22)/t14-/m1/s1. The lowest BCUT2D eigenvalue weighted by molar-refractivity contribution is -0.127. The first-order chi connectivity index (χ1) is 11.6. The van der Waals surface area contributed by atoms with Gasteiger partial charge >= 0.3 is 0 Å². The SMILES string of the molecule is COc1ccccc1O[C@H](C)C(=O)NCCCc1ccccc1Cl. The van der Waals surface area contributed by atoms with Crippen molar-refractivity contribution in [3.8, 4) is 11.5 Å². The highest BCUT2D eigenvalue weighted by Gasteiger charge is 2.16. The molecule has 0 heterocycles. The predicted octanol–water partition coefficient (Wildman–Crippen LogP) is 3.86. The van der Waals surface area contributed by atoms with E-state index in [2.05, 4.69) is 5.32 Å². The fourth-order valence-corrected chi connectivity index (χ4v) is 2.53. The van der Waals surface area contributed by atoms with Crippen LogP contribution in [0.1, 0.15) is 18.9 Å². The van der Waals surface area contributed by atoms with Crippen molar-refractivity contribution in [1.29, 1.82) is 0 Å². The van der Waals surface area contributed by atoms with E-state index in [1.54, 1.807) is 26.2 Å². The van der Waals surface area contributed by atoms with Crippen LogP contribution in [-0.2, 0) is 11.2 Å². The number of benzene rings is 2. The van der Waals surface area contributed by atoms with Gasteiger partial charge in [-0.2, -0.15) is 0 Å². The first kappa shape index (κ1) is 18.1. The number of hydrogen-bond acceptors (Lipinski definition) is 3. The van der Waals surface area contributed by atoms with Crippen LogP contribution in [-0.4, -0.2) is 25.7 Å². The van der Waals surface area contributed by atoms with Gasteiger partial charge in [0.05, 0.1) is 7.11 Å². The smallest absolute Gasteiger partial charge is 0.260 e. The molecule has 0 aliphatic carbocycles. The highest BCUT2D eigenvalue weighted by Crippen LogP contribution is 2.26. The van der Waals surface area contributed by atoms with Gasteiger partial charge in [0.25, 0.3) is 5.91 Å². The van der Waals surface area contributed by atoms with Gasteiger partial charge in [-0.15, -0.1) is 0 Å². The van der Waals surface area contributed by atoms with Crippen LogP contribution in [0.3, 0.4) is 0 Å². The van der Waals surface area contributed by atoms with Crippen molar-refractivity contribution in [3.63, 3.8) is 0 Å². The van der Waals surface area contributed by atoms with Crippen LogP contribution in [0.5, 0.6) is 11.5 Å². The summed E-state index contributed by atoms with van der Waals surface area (Å²) in [4.78, 5) is 12.1. The maximum Gasteiger partial charge on any atom is 0.260 e. The number of rotatable bonds is 8. The van der Waals surface area contributed by atoms with Crippen molar-refractivity contribution in [2.75, 3.05) is 13.7 Å². The Morgan fingerprint density at radius 1 is 1.12 bits per heavy atom. The largest absolute Gasteiger partial charge is 0.493 e. The number of aryl methyl sites for hydroxylation is 1. The van der Waals surface area contributed by atoms with Crippen LogP contribution in [0.4, 0.5) is 0 Å². The zero-order valence-corrected chi connectivity index (χ0v) is 14.7. The van der Waals surface area contributed by atoms with Gasteiger partial charge in [-0.25, -0.2) is 0 Å². The van der Waals surface area contributed by atoms with E-state index in [9.17, 15) is 4.79 Å². The van der Waals surface area contributed by atoms with Gasteiger partial charge in [-0.1, -0.05) is 41.9 Å². The third kappa shape index (κ3) is 5.17. The van der Waals surface area contributed by atoms with Crippen molar-refractivity contribution in [2.45, 2.75) is 25.9 Å². The molecule has 2 aromatic rings. The second-order valence-corrected chi connectivity index (χ2v) is 5.80. The number of amides is 1. The number of halogens is 1. The molecule has 0 aliphatic heterocycles. The molecule has 1 atom stereocenters. The van der Waals surface area contributed by atoms with Gasteiger partial charge in [-0.05, 0) is 43.5 Å². The molecule has 5 heteroatoms. The van der Waals surface area contributed by atoms with Gasteiger partial charge < -0.3 is 14.8 Å². The summed E-state index contributed by atoms with van der Waals surface area (Å²) in [6.07, 6.45) is 1.04. The van der Waals surface area contributed by atoms with Gasteiger partial charge in [0.2, 0.25) is 0 Å². The summed E-state index contributed by atoms with van der Waals surface area (Å²) in [6.45, 7) is 2.29. The minimum Gasteiger partial charge on any atom is -0.493 e. The van der Waals surface area contributed by atoms with Gasteiger partial charge in [0, 0.05) is 11.6 Å². The Labute approximate surface area is 147 Å². The lowest BCUT2D eigenvalue weighted by atomic mass is 10.1. The van der Waals surface area contributed by atoms with Crippen LogP contribution < -0.4 is 14.8 Å². The second-order valence-electron chi connectivity index (χ2n) is 5.40. The minimum absolute atomic E-state index is 0.153. The van der Waals surface area contributed by atoms with E-state index in [0.717, 1.165) is 23.4 Å². The number of hydrogen-bond donors (Lipinski definition) is 1. The monoisotopic (exact) mass is 347 g/mol. The zero-order chi connectivity index (χ0) is 17.4. The molecule has 2 rings (SSSR count). The Morgan fingerprint density at radius 3 is 2.50 bits per heavy atom. The predicted molar refractivity (Wildman–Crippen MR) is 95.9 cm³/mol. The lowest BCUT2D eigenvalue weighted by Crippen LogP contribution is -2.37. The molecule has 0 fully saturated rings. The third-order valence-electron chi connectivity index (χ3n) is 3.62. The van der Waals surface area contributed by atoms with Crippen LogP contribution in [0, 0.1) is 0 Å². The fraction of sp³-hybridized carbons (Fsp3) is 0.316. The average molecular weight is 348 g/mol. The zero-order valence-electron chi connectivity index (χ0n) is 13.9. The van der Waals surface area contributed by atoms with Gasteiger partial charge in [0.1, 0.15) is 0 Å². The Kier molecular flexibility index (Phi) is 6.94. The average Bonchev–Trinajstić information content (AvgIpc) is 2.60. The third-order valence-corrected chi connectivity index (χ3v) is 3.99. The molecule has 0 bridgehead atoms. The summed E-state index contributed by atoms with van der Waals surface area (Å²) >= 11 is 6.12. The molecular formula is C19H22ClNO3. The Hall–Kier alpha value is -2.20. The Bertz CT molecular complexity index is 675. The molecule has 4 nitrogen and oxygen atoms in total. The van der Waals surface area contributed by atoms with Crippen LogP contribution >= 0.6 is 11.6 Å². The molecule has 0 unspecified atom stereocenters. The molecule has 0 aliphatic rings. The fourth-order valence-electron chi connectivity index (χ4n) is 2.30. The maximum atomic E-state index is 12.1. The number of methoxy groups -OCH3 is 1. The van der Waals surface area contributed by atoms with E-state index < -0.39 is 6.10 Å². The molecule has 0 saturated heterocycles. The lowest BCUT2D eigenvalue weighted by Gasteiger charge is -2.16. The summed E-state index contributed by atoms with van der Waals surface area (Å²) in [7, 11) is 1.57. The molecule has 1 N–H and O–H groups in total. The van der Waals surface area contributed by atoms with E-state index in [4.69, 9.17) is 21.1 Å². The first-order valence-corrected chi connectivity index (χ1v) is 8.30. The van der Waals surface area contributed by atoms with Crippen molar-refractivity contribution in [3.05, 3.63) is 59.1 Å². The second kappa shape index (κ2) is 9.18. The minimum atomic E-state index is -0.596. The van der Waals surface area contributed by atoms with Gasteiger partial charge in [0.15, 0.2) is 17.6 Å².